The van der Waals surface area contributed by atoms with Gasteiger partial charge in [-0.1, -0.05) is 60.5 Å². The SMILES string of the molecule is Clc1ccc([C@H]2N(Cc3ccccc3)CC[C@@H]3CCCCN32)cc1. The average molecular weight is 341 g/mol. The highest BCUT2D eigenvalue weighted by molar-refractivity contribution is 6.30. The minimum Gasteiger partial charge on any atom is -0.281 e. The van der Waals surface area contributed by atoms with Crippen molar-refractivity contribution < 1.29 is 0 Å². The van der Waals surface area contributed by atoms with Crippen LogP contribution in [-0.4, -0.2) is 28.9 Å². The number of fused-ring (bicyclic) bond motifs is 1. The number of hydrogen-bond acceptors (Lipinski definition) is 2. The van der Waals surface area contributed by atoms with Gasteiger partial charge < -0.3 is 0 Å². The van der Waals surface area contributed by atoms with E-state index in [-0.39, 0.29) is 0 Å². The maximum atomic E-state index is 6.13. The van der Waals surface area contributed by atoms with E-state index < -0.39 is 0 Å². The molecule has 0 amide bonds. The largest absolute Gasteiger partial charge is 0.281 e. The Morgan fingerprint density at radius 1 is 0.875 bits per heavy atom. The lowest BCUT2D eigenvalue weighted by molar-refractivity contribution is -0.0566. The number of benzene rings is 2. The van der Waals surface area contributed by atoms with Crippen molar-refractivity contribution in [1.82, 2.24) is 9.80 Å². The van der Waals surface area contributed by atoms with Crippen molar-refractivity contribution in [3.63, 3.8) is 0 Å². The Morgan fingerprint density at radius 2 is 1.67 bits per heavy atom. The Morgan fingerprint density at radius 3 is 2.46 bits per heavy atom. The van der Waals surface area contributed by atoms with Crippen molar-refractivity contribution in [2.45, 2.75) is 44.4 Å². The maximum absolute atomic E-state index is 6.13. The zero-order valence-corrected chi connectivity index (χ0v) is 14.8. The summed E-state index contributed by atoms with van der Waals surface area (Å²) in [5.41, 5.74) is 2.77. The first-order valence-electron chi connectivity index (χ1n) is 9.10. The number of rotatable bonds is 3. The molecule has 2 aromatic rings. The van der Waals surface area contributed by atoms with Gasteiger partial charge in [-0.15, -0.1) is 0 Å². The van der Waals surface area contributed by atoms with E-state index in [4.69, 9.17) is 11.6 Å². The van der Waals surface area contributed by atoms with Crippen molar-refractivity contribution in [2.75, 3.05) is 13.1 Å². The summed E-state index contributed by atoms with van der Waals surface area (Å²) in [6.07, 6.45) is 5.72. The molecule has 0 N–H and O–H groups in total. The minimum absolute atomic E-state index is 0.376. The van der Waals surface area contributed by atoms with E-state index >= 15 is 0 Å². The Hall–Kier alpha value is -1.35. The number of hydrogen-bond donors (Lipinski definition) is 0. The van der Waals surface area contributed by atoms with Crippen LogP contribution in [0.15, 0.2) is 54.6 Å². The average Bonchev–Trinajstić information content (AvgIpc) is 2.63. The quantitative estimate of drug-likeness (QED) is 0.767. The van der Waals surface area contributed by atoms with Gasteiger partial charge in [-0.2, -0.15) is 0 Å². The van der Waals surface area contributed by atoms with E-state index in [1.165, 1.54) is 49.9 Å². The summed E-state index contributed by atoms with van der Waals surface area (Å²) < 4.78 is 0. The first-order valence-corrected chi connectivity index (χ1v) is 9.48. The Bertz CT molecular complexity index is 655. The van der Waals surface area contributed by atoms with Crippen LogP contribution in [0.5, 0.6) is 0 Å². The zero-order valence-electron chi connectivity index (χ0n) is 14.1. The van der Waals surface area contributed by atoms with Gasteiger partial charge in [0.2, 0.25) is 0 Å². The first kappa shape index (κ1) is 16.1. The fourth-order valence-corrected chi connectivity index (χ4v) is 4.45. The van der Waals surface area contributed by atoms with Gasteiger partial charge in [-0.05, 0) is 42.5 Å². The van der Waals surface area contributed by atoms with Gasteiger partial charge in [0.15, 0.2) is 0 Å². The van der Waals surface area contributed by atoms with Crippen LogP contribution in [0.2, 0.25) is 5.02 Å². The predicted molar refractivity (Wildman–Crippen MR) is 100 cm³/mol. The highest BCUT2D eigenvalue weighted by Crippen LogP contribution is 2.37. The standard InChI is InChI=1S/C21H25ClN2/c22-19-11-9-18(10-12-19)21-23(16-17-6-2-1-3-7-17)15-13-20-8-4-5-14-24(20)21/h1-3,6-7,9-12,20-21H,4-5,8,13-16H2/t20-,21-/m0/s1. The predicted octanol–water partition coefficient (Wildman–Crippen LogP) is 5.10. The molecule has 0 spiro atoms. The van der Waals surface area contributed by atoms with Gasteiger partial charge in [-0.25, -0.2) is 0 Å². The van der Waals surface area contributed by atoms with Gasteiger partial charge in [0.25, 0.3) is 0 Å². The molecule has 0 aromatic heterocycles. The first-order chi connectivity index (χ1) is 11.8. The fraction of sp³-hybridized carbons (Fsp3) is 0.429. The molecule has 2 fully saturated rings. The van der Waals surface area contributed by atoms with E-state index in [1.807, 2.05) is 12.1 Å². The molecule has 24 heavy (non-hydrogen) atoms. The van der Waals surface area contributed by atoms with Crippen LogP contribution in [0.25, 0.3) is 0 Å². The number of nitrogens with zero attached hydrogens (tertiary/aromatic N) is 2. The topological polar surface area (TPSA) is 6.48 Å². The van der Waals surface area contributed by atoms with Gasteiger partial charge in [-0.3, -0.25) is 9.80 Å². The monoisotopic (exact) mass is 340 g/mol. The van der Waals surface area contributed by atoms with Crippen LogP contribution in [0.4, 0.5) is 0 Å². The van der Waals surface area contributed by atoms with Crippen molar-refractivity contribution in [2.24, 2.45) is 0 Å². The molecule has 2 aliphatic rings. The summed E-state index contributed by atoms with van der Waals surface area (Å²) in [6.45, 7) is 3.39. The van der Waals surface area contributed by atoms with Crippen LogP contribution in [0, 0.1) is 0 Å². The smallest absolute Gasteiger partial charge is 0.0891 e. The van der Waals surface area contributed by atoms with E-state index in [2.05, 4.69) is 52.3 Å². The molecule has 2 nitrogen and oxygen atoms in total. The van der Waals surface area contributed by atoms with Crippen molar-refractivity contribution in [3.8, 4) is 0 Å². The molecule has 126 valence electrons. The van der Waals surface area contributed by atoms with Crippen LogP contribution in [0.3, 0.4) is 0 Å². The lowest BCUT2D eigenvalue weighted by Gasteiger charge is -2.50. The van der Waals surface area contributed by atoms with E-state index in [1.54, 1.807) is 0 Å². The molecule has 2 aromatic carbocycles. The molecule has 2 aliphatic heterocycles. The van der Waals surface area contributed by atoms with E-state index in [0.29, 0.717) is 6.17 Å². The molecule has 0 aliphatic carbocycles. The third-order valence-electron chi connectivity index (χ3n) is 5.48. The summed E-state index contributed by atoms with van der Waals surface area (Å²) in [5.74, 6) is 0. The second-order valence-electron chi connectivity index (χ2n) is 7.06. The lowest BCUT2D eigenvalue weighted by atomic mass is 9.93. The Kier molecular flexibility index (Phi) is 4.88. The molecule has 2 heterocycles. The molecule has 0 saturated carbocycles. The Balaban J connectivity index is 1.64. The molecule has 0 radical (unpaired) electrons. The van der Waals surface area contributed by atoms with Crippen LogP contribution >= 0.6 is 11.6 Å². The molecule has 0 bridgehead atoms. The molecule has 2 atom stereocenters. The van der Waals surface area contributed by atoms with E-state index in [0.717, 1.165) is 17.6 Å². The molecule has 4 rings (SSSR count). The van der Waals surface area contributed by atoms with Crippen LogP contribution in [-0.2, 0) is 6.54 Å². The minimum atomic E-state index is 0.376. The lowest BCUT2D eigenvalue weighted by Crippen LogP contribution is -2.54. The van der Waals surface area contributed by atoms with Gasteiger partial charge in [0.1, 0.15) is 0 Å². The summed E-state index contributed by atoms with van der Waals surface area (Å²) in [6, 6.07) is 20.1. The second kappa shape index (κ2) is 7.26. The maximum Gasteiger partial charge on any atom is 0.0891 e. The van der Waals surface area contributed by atoms with E-state index in [9.17, 15) is 0 Å². The third kappa shape index (κ3) is 3.37. The fourth-order valence-electron chi connectivity index (χ4n) is 4.32. The summed E-state index contributed by atoms with van der Waals surface area (Å²) in [4.78, 5) is 5.37. The highest BCUT2D eigenvalue weighted by Gasteiger charge is 2.37. The second-order valence-corrected chi connectivity index (χ2v) is 7.49. The molecular weight excluding hydrogens is 316 g/mol. The molecular formula is C21H25ClN2. The summed E-state index contributed by atoms with van der Waals surface area (Å²) >= 11 is 6.13. The van der Waals surface area contributed by atoms with Crippen molar-refractivity contribution in [3.05, 3.63) is 70.7 Å². The molecule has 3 heteroatoms. The van der Waals surface area contributed by atoms with Crippen LogP contribution in [0.1, 0.15) is 43.0 Å². The normalized spacial score (nSPS) is 25.4. The number of piperidine rings is 1. The number of halogens is 1. The van der Waals surface area contributed by atoms with Gasteiger partial charge in [0, 0.05) is 30.7 Å². The van der Waals surface area contributed by atoms with Crippen molar-refractivity contribution in [1.29, 1.82) is 0 Å². The van der Waals surface area contributed by atoms with Gasteiger partial charge >= 0.3 is 0 Å². The summed E-state index contributed by atoms with van der Waals surface area (Å²) in [5, 5.41) is 0.819. The molecule has 0 unspecified atom stereocenters. The Labute approximate surface area is 150 Å². The zero-order chi connectivity index (χ0) is 16.4. The van der Waals surface area contributed by atoms with Gasteiger partial charge in [0.05, 0.1) is 6.17 Å². The highest BCUT2D eigenvalue weighted by atomic mass is 35.5. The summed E-state index contributed by atoms with van der Waals surface area (Å²) in [7, 11) is 0. The molecule has 2 saturated heterocycles. The third-order valence-corrected chi connectivity index (χ3v) is 5.73. The van der Waals surface area contributed by atoms with Crippen LogP contribution < -0.4 is 0 Å². The van der Waals surface area contributed by atoms with Crippen molar-refractivity contribution >= 4 is 11.6 Å².